The van der Waals surface area contributed by atoms with Crippen molar-refractivity contribution in [1.82, 2.24) is 9.80 Å². The quantitative estimate of drug-likeness (QED) is 0.612. The Kier molecular flexibility index (Phi) is 6.96. The lowest BCUT2D eigenvalue weighted by Crippen LogP contribution is -2.55. The lowest BCUT2D eigenvalue weighted by molar-refractivity contribution is -0.0288. The first-order chi connectivity index (χ1) is 14.7. The topological polar surface area (TPSA) is 26.7 Å². The predicted molar refractivity (Wildman–Crippen MR) is 123 cm³/mol. The van der Waals surface area contributed by atoms with Crippen LogP contribution >= 0.6 is 0 Å². The van der Waals surface area contributed by atoms with Crippen molar-refractivity contribution in [1.29, 1.82) is 0 Å². The molecular formula is C27H32N2O. The highest BCUT2D eigenvalue weighted by Crippen LogP contribution is 2.28. The van der Waals surface area contributed by atoms with Crippen molar-refractivity contribution in [3.8, 4) is 0 Å². The molecule has 0 bridgehead atoms. The van der Waals surface area contributed by atoms with Gasteiger partial charge in [-0.1, -0.05) is 91.0 Å². The number of rotatable bonds is 7. The monoisotopic (exact) mass is 400 g/mol. The van der Waals surface area contributed by atoms with E-state index in [-0.39, 0.29) is 12.1 Å². The third-order valence-corrected chi connectivity index (χ3v) is 6.33. The van der Waals surface area contributed by atoms with Crippen molar-refractivity contribution in [2.75, 3.05) is 13.1 Å². The van der Waals surface area contributed by atoms with Crippen LogP contribution in [0.3, 0.4) is 0 Å². The molecule has 156 valence electrons. The van der Waals surface area contributed by atoms with Gasteiger partial charge in [-0.05, 0) is 30.0 Å². The Morgan fingerprint density at radius 1 is 0.833 bits per heavy atom. The van der Waals surface area contributed by atoms with E-state index in [0.717, 1.165) is 32.6 Å². The number of likely N-dealkylation sites (tertiary alicyclic amines) is 1. The minimum atomic E-state index is -0.309. The van der Waals surface area contributed by atoms with Crippen LogP contribution in [-0.4, -0.2) is 40.1 Å². The van der Waals surface area contributed by atoms with Gasteiger partial charge in [0.1, 0.15) is 0 Å². The van der Waals surface area contributed by atoms with E-state index in [1.165, 1.54) is 16.7 Å². The highest BCUT2D eigenvalue weighted by molar-refractivity contribution is 5.20. The third-order valence-electron chi connectivity index (χ3n) is 6.33. The van der Waals surface area contributed by atoms with Crippen molar-refractivity contribution in [2.45, 2.75) is 44.6 Å². The number of aliphatic hydroxyl groups is 1. The van der Waals surface area contributed by atoms with Crippen LogP contribution in [0.2, 0.25) is 0 Å². The lowest BCUT2D eigenvalue weighted by atomic mass is 9.96. The summed E-state index contributed by atoms with van der Waals surface area (Å²) >= 11 is 0. The zero-order valence-electron chi connectivity index (χ0n) is 17.8. The number of hydrogen-bond donors (Lipinski definition) is 1. The number of aliphatic hydroxyl groups excluding tert-OH is 1. The minimum absolute atomic E-state index is 0.102. The smallest absolute Gasteiger partial charge is 0.0720 e. The average molecular weight is 401 g/mol. The van der Waals surface area contributed by atoms with Crippen LogP contribution in [0.15, 0.2) is 91.0 Å². The summed E-state index contributed by atoms with van der Waals surface area (Å²) in [6, 6.07) is 32.4. The van der Waals surface area contributed by atoms with Gasteiger partial charge in [-0.2, -0.15) is 0 Å². The van der Waals surface area contributed by atoms with Crippen LogP contribution in [0.4, 0.5) is 0 Å². The Morgan fingerprint density at radius 3 is 1.87 bits per heavy atom. The lowest BCUT2D eigenvalue weighted by Gasteiger charge is -2.44. The molecule has 0 radical (unpaired) electrons. The number of piperidine rings is 1. The van der Waals surface area contributed by atoms with Gasteiger partial charge in [-0.3, -0.25) is 9.80 Å². The SMILES string of the molecule is CC(c1ccccc1)N1CC[C@@H](O)[C@H](N(Cc2ccccc2)Cc2ccccc2)C1. The molecule has 1 aliphatic heterocycles. The molecule has 3 aromatic rings. The molecule has 0 aromatic heterocycles. The largest absolute Gasteiger partial charge is 0.391 e. The van der Waals surface area contributed by atoms with Gasteiger partial charge in [-0.15, -0.1) is 0 Å². The summed E-state index contributed by atoms with van der Waals surface area (Å²) in [6.45, 7) is 5.76. The summed E-state index contributed by atoms with van der Waals surface area (Å²) in [4.78, 5) is 4.98. The van der Waals surface area contributed by atoms with Crippen molar-refractivity contribution >= 4 is 0 Å². The van der Waals surface area contributed by atoms with Crippen molar-refractivity contribution < 1.29 is 5.11 Å². The second kappa shape index (κ2) is 10.0. The molecule has 1 unspecified atom stereocenters. The molecule has 1 aliphatic rings. The van der Waals surface area contributed by atoms with Gasteiger partial charge in [0.25, 0.3) is 0 Å². The highest BCUT2D eigenvalue weighted by Gasteiger charge is 2.34. The summed E-state index contributed by atoms with van der Waals surface area (Å²) < 4.78 is 0. The molecule has 1 heterocycles. The summed E-state index contributed by atoms with van der Waals surface area (Å²) in [6.07, 6.45) is 0.499. The first kappa shape index (κ1) is 20.8. The van der Waals surface area contributed by atoms with Crippen LogP contribution < -0.4 is 0 Å². The molecule has 4 rings (SSSR count). The maximum atomic E-state index is 11.0. The van der Waals surface area contributed by atoms with Gasteiger partial charge in [0.15, 0.2) is 0 Å². The normalized spacial score (nSPS) is 20.9. The Morgan fingerprint density at radius 2 is 1.33 bits per heavy atom. The molecule has 3 heteroatoms. The number of benzene rings is 3. The standard InChI is InChI=1S/C27H32N2O/c1-22(25-15-9-4-10-16-25)28-18-17-27(30)26(21-28)29(19-23-11-5-2-6-12-23)20-24-13-7-3-8-14-24/h2-16,22,26-27,30H,17-21H2,1H3/t22?,26-,27-/m1/s1. The summed E-state index contributed by atoms with van der Waals surface area (Å²) in [5.74, 6) is 0. The van der Waals surface area contributed by atoms with E-state index >= 15 is 0 Å². The molecule has 3 nitrogen and oxygen atoms in total. The Balaban J connectivity index is 1.55. The second-order valence-corrected chi connectivity index (χ2v) is 8.38. The number of nitrogens with zero attached hydrogens (tertiary/aromatic N) is 2. The second-order valence-electron chi connectivity index (χ2n) is 8.38. The molecule has 0 saturated carbocycles. The van der Waals surface area contributed by atoms with E-state index in [2.05, 4.69) is 108 Å². The average Bonchev–Trinajstić information content (AvgIpc) is 2.80. The van der Waals surface area contributed by atoms with E-state index in [4.69, 9.17) is 0 Å². The molecule has 0 amide bonds. The van der Waals surface area contributed by atoms with E-state index < -0.39 is 0 Å². The molecule has 1 N–H and O–H groups in total. The van der Waals surface area contributed by atoms with Gasteiger partial charge in [0.2, 0.25) is 0 Å². The molecule has 3 atom stereocenters. The Hall–Kier alpha value is -2.46. The van der Waals surface area contributed by atoms with Gasteiger partial charge >= 0.3 is 0 Å². The maximum Gasteiger partial charge on any atom is 0.0720 e. The molecule has 0 aliphatic carbocycles. The van der Waals surface area contributed by atoms with Crippen LogP contribution in [0.5, 0.6) is 0 Å². The van der Waals surface area contributed by atoms with E-state index in [0.29, 0.717) is 6.04 Å². The zero-order chi connectivity index (χ0) is 20.8. The van der Waals surface area contributed by atoms with Gasteiger partial charge in [0.05, 0.1) is 6.10 Å². The van der Waals surface area contributed by atoms with Gasteiger partial charge < -0.3 is 5.11 Å². The molecular weight excluding hydrogens is 368 g/mol. The summed E-state index contributed by atoms with van der Waals surface area (Å²) in [7, 11) is 0. The van der Waals surface area contributed by atoms with Crippen LogP contribution in [0, 0.1) is 0 Å². The summed E-state index contributed by atoms with van der Waals surface area (Å²) in [5, 5.41) is 11.0. The minimum Gasteiger partial charge on any atom is -0.391 e. The van der Waals surface area contributed by atoms with Crippen LogP contribution in [0.25, 0.3) is 0 Å². The van der Waals surface area contributed by atoms with Crippen molar-refractivity contribution in [3.63, 3.8) is 0 Å². The fraction of sp³-hybridized carbons (Fsp3) is 0.333. The molecule has 1 saturated heterocycles. The number of hydrogen-bond acceptors (Lipinski definition) is 3. The highest BCUT2D eigenvalue weighted by atomic mass is 16.3. The molecule has 1 fully saturated rings. The maximum absolute atomic E-state index is 11.0. The fourth-order valence-corrected chi connectivity index (χ4v) is 4.52. The Labute approximate surface area is 180 Å². The zero-order valence-corrected chi connectivity index (χ0v) is 17.8. The third kappa shape index (κ3) is 5.17. The van der Waals surface area contributed by atoms with Crippen molar-refractivity contribution in [3.05, 3.63) is 108 Å². The van der Waals surface area contributed by atoms with Gasteiger partial charge in [-0.25, -0.2) is 0 Å². The van der Waals surface area contributed by atoms with E-state index in [1.54, 1.807) is 0 Å². The van der Waals surface area contributed by atoms with Gasteiger partial charge in [0, 0.05) is 38.3 Å². The molecule has 3 aromatic carbocycles. The fourth-order valence-electron chi connectivity index (χ4n) is 4.52. The first-order valence-corrected chi connectivity index (χ1v) is 11.0. The van der Waals surface area contributed by atoms with Crippen molar-refractivity contribution in [2.24, 2.45) is 0 Å². The first-order valence-electron chi connectivity index (χ1n) is 11.0. The van der Waals surface area contributed by atoms with E-state index in [1.807, 2.05) is 0 Å². The predicted octanol–water partition coefficient (Wildman–Crippen LogP) is 4.89. The van der Waals surface area contributed by atoms with Crippen LogP contribution in [0.1, 0.15) is 36.1 Å². The molecule has 30 heavy (non-hydrogen) atoms. The van der Waals surface area contributed by atoms with Crippen LogP contribution in [-0.2, 0) is 13.1 Å². The van der Waals surface area contributed by atoms with E-state index in [9.17, 15) is 5.11 Å². The molecule has 0 spiro atoms. The summed E-state index contributed by atoms with van der Waals surface area (Å²) in [5.41, 5.74) is 3.91. The Bertz CT molecular complexity index is 843.